The molecule has 1 atom stereocenters. The highest BCUT2D eigenvalue weighted by Gasteiger charge is 2.44. The molecule has 1 aliphatic rings. The zero-order valence-electron chi connectivity index (χ0n) is 13.4. The lowest BCUT2D eigenvalue weighted by Crippen LogP contribution is -2.45. The fourth-order valence-corrected chi connectivity index (χ4v) is 2.58. The molecule has 0 radical (unpaired) electrons. The second-order valence-corrected chi connectivity index (χ2v) is 6.94. The lowest BCUT2D eigenvalue weighted by molar-refractivity contribution is -0.222. The van der Waals surface area contributed by atoms with Gasteiger partial charge in [-0.05, 0) is 18.8 Å². The van der Waals surface area contributed by atoms with Crippen LogP contribution in [0.3, 0.4) is 0 Å². The number of rotatable bonds is 2. The second kappa shape index (κ2) is 6.14. The summed E-state index contributed by atoms with van der Waals surface area (Å²) in [5.74, 6) is -0.658. The van der Waals surface area contributed by atoms with Crippen LogP contribution in [0.2, 0.25) is 0 Å². The van der Waals surface area contributed by atoms with E-state index in [1.165, 1.54) is 4.90 Å². The zero-order chi connectivity index (χ0) is 17.4. The first-order valence-corrected chi connectivity index (χ1v) is 7.51. The van der Waals surface area contributed by atoms with Crippen molar-refractivity contribution in [1.82, 2.24) is 10.1 Å². The molecule has 1 fully saturated rings. The molecule has 1 N–H and O–H groups in total. The Hall–Kier alpha value is -1.57. The maximum absolute atomic E-state index is 12.5. The standard InChI is InChI=1S/C15H21F3N2O3/c1-14(2,3)11-8-10(19-23-11)13(22)20-6-4-9(5-7-20)12(21)15(16,17)18/h8-9,12,21H,4-7H2,1-3H3. The second-order valence-electron chi connectivity index (χ2n) is 6.94. The van der Waals surface area contributed by atoms with E-state index in [0.717, 1.165) is 0 Å². The molecule has 23 heavy (non-hydrogen) atoms. The molecule has 0 saturated carbocycles. The smallest absolute Gasteiger partial charge is 0.383 e. The van der Waals surface area contributed by atoms with E-state index in [9.17, 15) is 23.1 Å². The monoisotopic (exact) mass is 334 g/mol. The van der Waals surface area contributed by atoms with E-state index in [1.54, 1.807) is 6.07 Å². The van der Waals surface area contributed by atoms with Crippen LogP contribution in [0.5, 0.6) is 0 Å². The van der Waals surface area contributed by atoms with Crippen LogP contribution in [0.4, 0.5) is 13.2 Å². The van der Waals surface area contributed by atoms with E-state index in [2.05, 4.69) is 5.16 Å². The van der Waals surface area contributed by atoms with Crippen LogP contribution in [0, 0.1) is 5.92 Å². The van der Waals surface area contributed by atoms with Crippen LogP contribution in [0.1, 0.15) is 49.9 Å². The number of aromatic nitrogens is 1. The highest BCUT2D eigenvalue weighted by Crippen LogP contribution is 2.32. The Labute approximate surface area is 132 Å². The Bertz CT molecular complexity index is 555. The predicted molar refractivity (Wildman–Crippen MR) is 75.9 cm³/mol. The molecule has 1 amide bonds. The van der Waals surface area contributed by atoms with Gasteiger partial charge < -0.3 is 14.5 Å². The van der Waals surface area contributed by atoms with Gasteiger partial charge in [0, 0.05) is 24.6 Å². The molecule has 0 spiro atoms. The van der Waals surface area contributed by atoms with E-state index in [4.69, 9.17) is 4.52 Å². The summed E-state index contributed by atoms with van der Waals surface area (Å²) < 4.78 is 42.7. The minimum atomic E-state index is -4.62. The molecule has 5 nitrogen and oxygen atoms in total. The lowest BCUT2D eigenvalue weighted by Gasteiger charge is -2.34. The van der Waals surface area contributed by atoms with E-state index >= 15 is 0 Å². The summed E-state index contributed by atoms with van der Waals surface area (Å²) in [6.07, 6.45) is -6.74. The fraction of sp³-hybridized carbons (Fsp3) is 0.733. The summed E-state index contributed by atoms with van der Waals surface area (Å²) in [7, 11) is 0. The quantitative estimate of drug-likeness (QED) is 0.903. The van der Waals surface area contributed by atoms with Crippen LogP contribution >= 0.6 is 0 Å². The van der Waals surface area contributed by atoms with Crippen LogP contribution in [-0.2, 0) is 5.41 Å². The van der Waals surface area contributed by atoms with Crippen molar-refractivity contribution in [3.05, 3.63) is 17.5 Å². The molecule has 0 aromatic carbocycles. The first-order valence-electron chi connectivity index (χ1n) is 7.51. The maximum Gasteiger partial charge on any atom is 0.414 e. The van der Waals surface area contributed by atoms with Crippen molar-refractivity contribution in [1.29, 1.82) is 0 Å². The third-order valence-corrected chi connectivity index (χ3v) is 4.08. The molecule has 130 valence electrons. The molecular weight excluding hydrogens is 313 g/mol. The summed E-state index contributed by atoms with van der Waals surface area (Å²) in [6, 6.07) is 1.57. The number of alkyl halides is 3. The molecule has 8 heteroatoms. The molecule has 1 unspecified atom stereocenters. The number of hydrogen-bond acceptors (Lipinski definition) is 4. The molecule has 1 aromatic rings. The average molecular weight is 334 g/mol. The predicted octanol–water partition coefficient (Wildman–Crippen LogP) is 2.75. The van der Waals surface area contributed by atoms with Gasteiger partial charge in [0.05, 0.1) is 0 Å². The first kappa shape index (κ1) is 17.8. The normalized spacial score (nSPS) is 19.0. The van der Waals surface area contributed by atoms with Crippen molar-refractivity contribution in [2.45, 2.75) is 51.3 Å². The van der Waals surface area contributed by atoms with Crippen molar-refractivity contribution in [2.75, 3.05) is 13.1 Å². The molecule has 1 saturated heterocycles. The Balaban J connectivity index is 1.97. The molecule has 2 heterocycles. The Morgan fingerprint density at radius 1 is 1.35 bits per heavy atom. The van der Waals surface area contributed by atoms with Crippen LogP contribution in [0.15, 0.2) is 10.6 Å². The number of nitrogens with zero attached hydrogens (tertiary/aromatic N) is 2. The number of aliphatic hydroxyl groups is 1. The lowest BCUT2D eigenvalue weighted by atomic mass is 9.90. The van der Waals surface area contributed by atoms with Crippen molar-refractivity contribution < 1.29 is 27.6 Å². The highest BCUT2D eigenvalue weighted by atomic mass is 19.4. The van der Waals surface area contributed by atoms with Gasteiger partial charge >= 0.3 is 6.18 Å². The van der Waals surface area contributed by atoms with Crippen molar-refractivity contribution in [3.8, 4) is 0 Å². The zero-order valence-corrected chi connectivity index (χ0v) is 13.4. The Morgan fingerprint density at radius 2 is 1.91 bits per heavy atom. The van der Waals surface area contributed by atoms with E-state index in [0.29, 0.717) is 5.76 Å². The van der Waals surface area contributed by atoms with Gasteiger partial charge in [-0.1, -0.05) is 25.9 Å². The van der Waals surface area contributed by atoms with E-state index in [-0.39, 0.29) is 42.9 Å². The van der Waals surface area contributed by atoms with Gasteiger partial charge in [0.2, 0.25) is 0 Å². The minimum Gasteiger partial charge on any atom is -0.383 e. The number of amides is 1. The number of hydrogen-bond donors (Lipinski definition) is 1. The third kappa shape index (κ3) is 4.04. The molecule has 2 rings (SSSR count). The number of aliphatic hydroxyl groups excluding tert-OH is 1. The van der Waals surface area contributed by atoms with Gasteiger partial charge in [-0.2, -0.15) is 13.2 Å². The van der Waals surface area contributed by atoms with E-state index < -0.39 is 18.2 Å². The van der Waals surface area contributed by atoms with Gasteiger partial charge in [0.1, 0.15) is 5.76 Å². The fourth-order valence-electron chi connectivity index (χ4n) is 2.58. The van der Waals surface area contributed by atoms with Crippen LogP contribution in [-0.4, -0.2) is 46.4 Å². The Morgan fingerprint density at radius 3 is 2.35 bits per heavy atom. The van der Waals surface area contributed by atoms with Crippen LogP contribution in [0.25, 0.3) is 0 Å². The largest absolute Gasteiger partial charge is 0.414 e. The summed E-state index contributed by atoms with van der Waals surface area (Å²) in [4.78, 5) is 13.8. The van der Waals surface area contributed by atoms with Gasteiger partial charge in [0.25, 0.3) is 5.91 Å². The number of carbonyl (C=O) groups is 1. The molecular formula is C15H21F3N2O3. The van der Waals surface area contributed by atoms with Gasteiger partial charge in [0.15, 0.2) is 11.8 Å². The number of halogens is 3. The number of piperidine rings is 1. The summed E-state index contributed by atoms with van der Waals surface area (Å²) in [5.41, 5.74) is -0.125. The SMILES string of the molecule is CC(C)(C)c1cc(C(=O)N2CCC(C(O)C(F)(F)F)CC2)no1. The average Bonchev–Trinajstić information content (AvgIpc) is 2.95. The summed E-state index contributed by atoms with van der Waals surface area (Å²) >= 11 is 0. The van der Waals surface area contributed by atoms with Gasteiger partial charge in [-0.3, -0.25) is 4.79 Å². The van der Waals surface area contributed by atoms with Gasteiger partial charge in [-0.15, -0.1) is 0 Å². The highest BCUT2D eigenvalue weighted by molar-refractivity contribution is 5.92. The maximum atomic E-state index is 12.5. The van der Waals surface area contributed by atoms with Crippen molar-refractivity contribution in [2.24, 2.45) is 5.92 Å². The summed E-state index contributed by atoms with van der Waals surface area (Å²) in [6.45, 7) is 6.09. The topological polar surface area (TPSA) is 66.6 Å². The van der Waals surface area contributed by atoms with Crippen molar-refractivity contribution >= 4 is 5.91 Å². The van der Waals surface area contributed by atoms with Crippen LogP contribution < -0.4 is 0 Å². The molecule has 0 aliphatic carbocycles. The van der Waals surface area contributed by atoms with Gasteiger partial charge in [-0.25, -0.2) is 0 Å². The third-order valence-electron chi connectivity index (χ3n) is 4.08. The molecule has 1 aromatic heterocycles. The number of likely N-dealkylation sites (tertiary alicyclic amines) is 1. The van der Waals surface area contributed by atoms with E-state index in [1.807, 2.05) is 20.8 Å². The molecule has 1 aliphatic heterocycles. The van der Waals surface area contributed by atoms with Crippen molar-refractivity contribution in [3.63, 3.8) is 0 Å². The molecule has 0 bridgehead atoms. The first-order chi connectivity index (χ1) is 10.5. The minimum absolute atomic E-state index is 0.108. The number of carbonyl (C=O) groups excluding carboxylic acids is 1. The summed E-state index contributed by atoms with van der Waals surface area (Å²) in [5, 5.41) is 13.0. The Kier molecular flexibility index (Phi) is 4.75.